The fourth-order valence-corrected chi connectivity index (χ4v) is 2.10. The van der Waals surface area contributed by atoms with Gasteiger partial charge in [0.2, 0.25) is 0 Å². The minimum absolute atomic E-state index is 0.0419. The number of hydrogen-bond donors (Lipinski definition) is 0. The van der Waals surface area contributed by atoms with E-state index in [0.717, 1.165) is 24.7 Å². The second kappa shape index (κ2) is 6.08. The highest BCUT2D eigenvalue weighted by atomic mass is 32.2. The van der Waals surface area contributed by atoms with E-state index in [-0.39, 0.29) is 6.61 Å². The highest BCUT2D eigenvalue weighted by molar-refractivity contribution is 7.85. The van der Waals surface area contributed by atoms with Crippen LogP contribution < -0.4 is 0 Å². The first-order valence-corrected chi connectivity index (χ1v) is 7.79. The quantitative estimate of drug-likeness (QED) is 0.725. The number of hydrogen-bond acceptors (Lipinski definition) is 5. The highest BCUT2D eigenvalue weighted by Gasteiger charge is 2.15. The van der Waals surface area contributed by atoms with Gasteiger partial charge in [0.15, 0.2) is 5.76 Å². The molecule has 0 amide bonds. The van der Waals surface area contributed by atoms with E-state index in [1.807, 2.05) is 12.2 Å². The van der Waals surface area contributed by atoms with Crippen molar-refractivity contribution in [1.29, 1.82) is 0 Å². The third-order valence-electron chi connectivity index (χ3n) is 2.59. The molecule has 1 aliphatic carbocycles. The molecule has 6 heteroatoms. The van der Waals surface area contributed by atoms with Crippen molar-refractivity contribution in [2.75, 3.05) is 12.9 Å². The lowest BCUT2D eigenvalue weighted by Gasteiger charge is -2.19. The molecule has 104 valence electrons. The standard InChI is InChI=1S/C13H16O5S/c1-19(14,15)17-8-7-12-9-16-10-13(18-12)11-5-3-2-4-6-11/h2-3,5,9-10H,4,6-8H2,1H3. The first kappa shape index (κ1) is 13.9. The summed E-state index contributed by atoms with van der Waals surface area (Å²) in [6.07, 6.45) is 12.3. The molecule has 0 fully saturated rings. The molecular weight excluding hydrogens is 268 g/mol. The lowest BCUT2D eigenvalue weighted by atomic mass is 10.0. The maximum absolute atomic E-state index is 10.8. The van der Waals surface area contributed by atoms with E-state index in [1.165, 1.54) is 6.26 Å². The molecular formula is C13H16O5S. The SMILES string of the molecule is CS(=O)(=O)OCCC1=COC=C(C2=CC=CCC2)O1. The van der Waals surface area contributed by atoms with Crippen LogP contribution in [0.15, 0.2) is 47.8 Å². The van der Waals surface area contributed by atoms with Crippen molar-refractivity contribution in [3.8, 4) is 0 Å². The van der Waals surface area contributed by atoms with Crippen molar-refractivity contribution in [1.82, 2.24) is 0 Å². The van der Waals surface area contributed by atoms with Crippen molar-refractivity contribution in [3.63, 3.8) is 0 Å². The molecule has 0 atom stereocenters. The Morgan fingerprint density at radius 3 is 2.89 bits per heavy atom. The van der Waals surface area contributed by atoms with Crippen LogP contribution in [0.25, 0.3) is 0 Å². The summed E-state index contributed by atoms with van der Waals surface area (Å²) < 4.78 is 37.2. The highest BCUT2D eigenvalue weighted by Crippen LogP contribution is 2.27. The molecule has 0 radical (unpaired) electrons. The maximum atomic E-state index is 10.8. The molecule has 1 heterocycles. The van der Waals surface area contributed by atoms with Gasteiger partial charge in [-0.3, -0.25) is 4.18 Å². The molecule has 0 saturated carbocycles. The molecule has 1 aliphatic heterocycles. The fraction of sp³-hybridized carbons (Fsp3) is 0.385. The molecule has 0 aromatic heterocycles. The Morgan fingerprint density at radius 2 is 2.21 bits per heavy atom. The van der Waals surface area contributed by atoms with Crippen molar-refractivity contribution in [2.45, 2.75) is 19.3 Å². The molecule has 0 N–H and O–H groups in total. The van der Waals surface area contributed by atoms with Gasteiger partial charge < -0.3 is 9.47 Å². The van der Waals surface area contributed by atoms with Gasteiger partial charge in [-0.2, -0.15) is 8.42 Å². The molecule has 0 unspecified atom stereocenters. The van der Waals surface area contributed by atoms with Crippen LogP contribution in [0.2, 0.25) is 0 Å². The molecule has 5 nitrogen and oxygen atoms in total. The van der Waals surface area contributed by atoms with Crippen LogP contribution in [0.4, 0.5) is 0 Å². The number of ether oxygens (including phenoxy) is 2. The second-order valence-corrected chi connectivity index (χ2v) is 5.88. The number of allylic oxidation sites excluding steroid dienone is 4. The molecule has 0 aromatic carbocycles. The Kier molecular flexibility index (Phi) is 4.44. The Balaban J connectivity index is 1.87. The van der Waals surface area contributed by atoms with E-state index >= 15 is 0 Å². The van der Waals surface area contributed by atoms with E-state index in [0.29, 0.717) is 17.9 Å². The minimum Gasteiger partial charge on any atom is -0.465 e. The molecule has 0 bridgehead atoms. The van der Waals surface area contributed by atoms with Crippen LogP contribution in [-0.4, -0.2) is 21.3 Å². The van der Waals surface area contributed by atoms with Gasteiger partial charge in [0.25, 0.3) is 10.1 Å². The van der Waals surface area contributed by atoms with Crippen LogP contribution in [0.1, 0.15) is 19.3 Å². The summed E-state index contributed by atoms with van der Waals surface area (Å²) in [6, 6.07) is 0. The largest absolute Gasteiger partial charge is 0.465 e. The molecule has 19 heavy (non-hydrogen) atoms. The second-order valence-electron chi connectivity index (χ2n) is 4.24. The van der Waals surface area contributed by atoms with E-state index in [2.05, 4.69) is 10.3 Å². The van der Waals surface area contributed by atoms with Crippen LogP contribution in [-0.2, 0) is 23.8 Å². The Labute approximate surface area is 113 Å². The summed E-state index contributed by atoms with van der Waals surface area (Å²) in [7, 11) is -3.42. The van der Waals surface area contributed by atoms with Crippen LogP contribution in [0, 0.1) is 0 Å². The summed E-state index contributed by atoms with van der Waals surface area (Å²) in [6.45, 7) is 0.0419. The van der Waals surface area contributed by atoms with Crippen LogP contribution in [0.3, 0.4) is 0 Å². The van der Waals surface area contributed by atoms with E-state index in [9.17, 15) is 8.42 Å². The van der Waals surface area contributed by atoms with Crippen molar-refractivity contribution in [2.24, 2.45) is 0 Å². The summed E-state index contributed by atoms with van der Waals surface area (Å²) in [4.78, 5) is 0. The average molecular weight is 284 g/mol. The fourth-order valence-electron chi connectivity index (χ4n) is 1.71. The summed E-state index contributed by atoms with van der Waals surface area (Å²) in [5.74, 6) is 1.22. The van der Waals surface area contributed by atoms with E-state index < -0.39 is 10.1 Å². The first-order valence-electron chi connectivity index (χ1n) is 5.97. The molecule has 2 aliphatic rings. The number of rotatable bonds is 5. The minimum atomic E-state index is -3.42. The summed E-state index contributed by atoms with van der Waals surface area (Å²) in [5.41, 5.74) is 1.07. The monoisotopic (exact) mass is 284 g/mol. The first-order chi connectivity index (χ1) is 9.04. The predicted octanol–water partition coefficient (Wildman–Crippen LogP) is 2.36. The smallest absolute Gasteiger partial charge is 0.264 e. The van der Waals surface area contributed by atoms with Gasteiger partial charge in [-0.1, -0.05) is 18.2 Å². The van der Waals surface area contributed by atoms with Crippen molar-refractivity contribution < 1.29 is 22.1 Å². The molecule has 0 spiro atoms. The van der Waals surface area contributed by atoms with Gasteiger partial charge in [-0.05, 0) is 18.4 Å². The van der Waals surface area contributed by atoms with Crippen LogP contribution >= 0.6 is 0 Å². The van der Waals surface area contributed by atoms with Crippen LogP contribution in [0.5, 0.6) is 0 Å². The van der Waals surface area contributed by atoms with Gasteiger partial charge >= 0.3 is 0 Å². The van der Waals surface area contributed by atoms with Gasteiger partial charge in [0, 0.05) is 6.42 Å². The van der Waals surface area contributed by atoms with Gasteiger partial charge in [-0.15, -0.1) is 0 Å². The lowest BCUT2D eigenvalue weighted by molar-refractivity contribution is 0.203. The Morgan fingerprint density at radius 1 is 1.37 bits per heavy atom. The predicted molar refractivity (Wildman–Crippen MR) is 70.2 cm³/mol. The average Bonchev–Trinajstić information content (AvgIpc) is 2.39. The molecule has 0 saturated heterocycles. The van der Waals surface area contributed by atoms with Crippen molar-refractivity contribution >= 4 is 10.1 Å². The van der Waals surface area contributed by atoms with E-state index in [1.54, 1.807) is 6.26 Å². The maximum Gasteiger partial charge on any atom is 0.264 e. The lowest BCUT2D eigenvalue weighted by Crippen LogP contribution is -2.08. The van der Waals surface area contributed by atoms with Gasteiger partial charge in [-0.25, -0.2) is 0 Å². The van der Waals surface area contributed by atoms with Gasteiger partial charge in [0.1, 0.15) is 18.3 Å². The molecule has 2 rings (SSSR count). The van der Waals surface area contributed by atoms with Gasteiger partial charge in [0.05, 0.1) is 12.9 Å². The van der Waals surface area contributed by atoms with Crippen molar-refractivity contribution in [3.05, 3.63) is 47.8 Å². The summed E-state index contributed by atoms with van der Waals surface area (Å²) >= 11 is 0. The Hall–Kier alpha value is -1.53. The normalized spacial score (nSPS) is 18.9. The zero-order valence-corrected chi connectivity index (χ0v) is 11.5. The third kappa shape index (κ3) is 4.57. The topological polar surface area (TPSA) is 61.8 Å². The Bertz CT molecular complexity index is 552. The summed E-state index contributed by atoms with van der Waals surface area (Å²) in [5, 5.41) is 0. The zero-order chi connectivity index (χ0) is 13.7. The molecule has 0 aromatic rings. The third-order valence-corrected chi connectivity index (χ3v) is 3.19. The van der Waals surface area contributed by atoms with E-state index in [4.69, 9.17) is 9.47 Å². The zero-order valence-electron chi connectivity index (χ0n) is 10.7.